The first-order chi connectivity index (χ1) is 11.0. The standard InChI is InChI=1S/C10H14N8O3S2/c19-5(11-7-13-9(22)17-15-7)1-3-21-4-2-6(20)12-8-14-10(23)18-16-8/h1-4H2,(H3,11,13,15,17,19,22)(H3,12,14,16,18,20,23). The number of carbonyl (C=O) groups is 2. The van der Waals surface area contributed by atoms with E-state index < -0.39 is 0 Å². The fraction of sp³-hybridized carbons (Fsp3) is 0.400. The quantitative estimate of drug-likeness (QED) is 0.298. The van der Waals surface area contributed by atoms with Crippen LogP contribution in [0.25, 0.3) is 0 Å². The lowest BCUT2D eigenvalue weighted by Crippen LogP contribution is -2.17. The van der Waals surface area contributed by atoms with Crippen LogP contribution in [0.1, 0.15) is 12.8 Å². The van der Waals surface area contributed by atoms with Crippen molar-refractivity contribution < 1.29 is 14.3 Å². The second-order valence-electron chi connectivity index (χ2n) is 4.24. The molecule has 0 radical (unpaired) electrons. The molecule has 124 valence electrons. The predicted octanol–water partition coefficient (Wildman–Crippen LogP) is 0.622. The first kappa shape index (κ1) is 17.0. The van der Waals surface area contributed by atoms with Gasteiger partial charge in [0.1, 0.15) is 0 Å². The van der Waals surface area contributed by atoms with Crippen LogP contribution in [-0.4, -0.2) is 55.4 Å². The van der Waals surface area contributed by atoms with Gasteiger partial charge in [0.15, 0.2) is 0 Å². The molecule has 11 nitrogen and oxygen atoms in total. The maximum Gasteiger partial charge on any atom is 0.229 e. The fourth-order valence-corrected chi connectivity index (χ4v) is 1.76. The Balaban J connectivity index is 1.56. The van der Waals surface area contributed by atoms with Crippen molar-refractivity contribution >= 4 is 48.1 Å². The van der Waals surface area contributed by atoms with Crippen molar-refractivity contribution in [1.29, 1.82) is 0 Å². The van der Waals surface area contributed by atoms with Crippen LogP contribution < -0.4 is 10.6 Å². The van der Waals surface area contributed by atoms with Gasteiger partial charge in [0.25, 0.3) is 0 Å². The summed E-state index contributed by atoms with van der Waals surface area (Å²) in [5.74, 6) is -0.0703. The highest BCUT2D eigenvalue weighted by molar-refractivity contribution is 7.71. The SMILES string of the molecule is O=C(CCOCCC(=O)Nc1nc(=S)[nH][nH]1)Nc1nc(=S)[nH][nH]1. The van der Waals surface area contributed by atoms with Crippen molar-refractivity contribution in [1.82, 2.24) is 30.4 Å². The van der Waals surface area contributed by atoms with Gasteiger partial charge in [0.05, 0.1) is 26.1 Å². The van der Waals surface area contributed by atoms with Gasteiger partial charge in [0, 0.05) is 0 Å². The third-order valence-corrected chi connectivity index (χ3v) is 2.85. The van der Waals surface area contributed by atoms with Gasteiger partial charge in [-0.3, -0.25) is 40.6 Å². The molecule has 2 heterocycles. The van der Waals surface area contributed by atoms with E-state index in [1.165, 1.54) is 0 Å². The van der Waals surface area contributed by atoms with Gasteiger partial charge in [0.2, 0.25) is 33.3 Å². The van der Waals surface area contributed by atoms with Gasteiger partial charge in [-0.15, -0.1) is 0 Å². The molecule has 2 amide bonds. The van der Waals surface area contributed by atoms with Crippen molar-refractivity contribution in [3.05, 3.63) is 9.54 Å². The molecule has 0 aromatic carbocycles. The average molecular weight is 358 g/mol. The number of rotatable bonds is 8. The van der Waals surface area contributed by atoms with Crippen LogP contribution in [-0.2, 0) is 14.3 Å². The molecule has 2 aromatic rings. The summed E-state index contributed by atoms with van der Waals surface area (Å²) < 4.78 is 5.72. The highest BCUT2D eigenvalue weighted by Gasteiger charge is 2.06. The van der Waals surface area contributed by atoms with Gasteiger partial charge in [-0.2, -0.15) is 9.97 Å². The molecule has 0 unspecified atom stereocenters. The molecule has 13 heteroatoms. The van der Waals surface area contributed by atoms with Gasteiger partial charge in [-0.1, -0.05) is 0 Å². The monoisotopic (exact) mass is 358 g/mol. The van der Waals surface area contributed by atoms with E-state index in [9.17, 15) is 9.59 Å². The van der Waals surface area contributed by atoms with Crippen LogP contribution in [0.2, 0.25) is 0 Å². The Morgan fingerprint density at radius 2 is 1.30 bits per heavy atom. The molecule has 2 rings (SSSR count). The minimum absolute atomic E-state index is 0.127. The second-order valence-corrected chi connectivity index (χ2v) is 5.01. The topological polar surface area (TPSA) is 156 Å². The molecule has 6 N–H and O–H groups in total. The largest absolute Gasteiger partial charge is 0.380 e. The van der Waals surface area contributed by atoms with E-state index in [1.807, 2.05) is 0 Å². The van der Waals surface area contributed by atoms with E-state index in [1.54, 1.807) is 0 Å². The Bertz CT molecular complexity index is 711. The Hall–Kier alpha value is -2.38. The minimum atomic E-state index is -0.281. The summed E-state index contributed by atoms with van der Waals surface area (Å²) in [5.41, 5.74) is 0. The first-order valence-corrected chi connectivity index (χ1v) is 7.31. The molecule has 0 fully saturated rings. The number of amides is 2. The molecule has 0 atom stereocenters. The Labute approximate surface area is 139 Å². The number of anilines is 2. The summed E-state index contributed by atoms with van der Waals surface area (Å²) in [6.45, 7) is 0.351. The molecule has 0 aliphatic heterocycles. The van der Waals surface area contributed by atoms with Crippen LogP contribution in [0.3, 0.4) is 0 Å². The average Bonchev–Trinajstić information content (AvgIpc) is 3.07. The first-order valence-electron chi connectivity index (χ1n) is 6.50. The summed E-state index contributed by atoms with van der Waals surface area (Å²) in [7, 11) is 0. The number of hydrogen-bond acceptors (Lipinski definition) is 7. The van der Waals surface area contributed by atoms with Crippen molar-refractivity contribution in [2.45, 2.75) is 12.8 Å². The lowest BCUT2D eigenvalue weighted by Gasteiger charge is -2.04. The molecular weight excluding hydrogens is 344 g/mol. The number of nitrogens with one attached hydrogen (secondary N) is 6. The molecule has 23 heavy (non-hydrogen) atoms. The third kappa shape index (κ3) is 6.09. The Morgan fingerprint density at radius 3 is 1.65 bits per heavy atom. The van der Waals surface area contributed by atoms with Crippen LogP contribution in [0.5, 0.6) is 0 Å². The van der Waals surface area contributed by atoms with E-state index in [0.29, 0.717) is 0 Å². The zero-order valence-corrected chi connectivity index (χ0v) is 13.4. The molecule has 0 bridgehead atoms. The van der Waals surface area contributed by atoms with Gasteiger partial charge in [-0.05, 0) is 24.4 Å². The summed E-state index contributed by atoms with van der Waals surface area (Å²) in [4.78, 5) is 30.8. The normalized spacial score (nSPS) is 10.4. The van der Waals surface area contributed by atoms with Crippen molar-refractivity contribution in [2.75, 3.05) is 23.8 Å². The summed E-state index contributed by atoms with van der Waals surface area (Å²) in [5, 5.41) is 15.3. The minimum Gasteiger partial charge on any atom is -0.380 e. The lowest BCUT2D eigenvalue weighted by atomic mass is 10.4. The second kappa shape index (κ2) is 8.30. The number of H-pyrrole nitrogens is 4. The number of aromatic nitrogens is 6. The number of carbonyl (C=O) groups excluding carboxylic acids is 2. The maximum absolute atomic E-state index is 11.6. The summed E-state index contributed by atoms with van der Waals surface area (Å²) >= 11 is 9.51. The number of nitrogens with zero attached hydrogens (tertiary/aromatic N) is 2. The van der Waals surface area contributed by atoms with E-state index in [2.05, 4.69) is 41.0 Å². The van der Waals surface area contributed by atoms with Crippen molar-refractivity contribution in [2.24, 2.45) is 0 Å². The van der Waals surface area contributed by atoms with Gasteiger partial charge in [-0.25, -0.2) is 0 Å². The van der Waals surface area contributed by atoms with Crippen LogP contribution in [0, 0.1) is 9.54 Å². The predicted molar refractivity (Wildman–Crippen MR) is 84.9 cm³/mol. The zero-order valence-electron chi connectivity index (χ0n) is 11.8. The zero-order chi connectivity index (χ0) is 16.7. The molecule has 0 spiro atoms. The van der Waals surface area contributed by atoms with Crippen molar-refractivity contribution in [3.8, 4) is 0 Å². The summed E-state index contributed by atoms with van der Waals surface area (Å²) in [6.07, 6.45) is 0.253. The fourth-order valence-electron chi connectivity index (χ4n) is 1.48. The highest BCUT2D eigenvalue weighted by Crippen LogP contribution is 1.98. The summed E-state index contributed by atoms with van der Waals surface area (Å²) in [6, 6.07) is 0. The number of aromatic amines is 4. The molecule has 2 aromatic heterocycles. The Kier molecular flexibility index (Phi) is 6.13. The van der Waals surface area contributed by atoms with Crippen LogP contribution >= 0.6 is 24.4 Å². The Morgan fingerprint density at radius 1 is 0.870 bits per heavy atom. The van der Waals surface area contributed by atoms with E-state index in [4.69, 9.17) is 29.2 Å². The lowest BCUT2D eigenvalue weighted by molar-refractivity contribution is -0.117. The highest BCUT2D eigenvalue weighted by atomic mass is 32.1. The molecule has 0 aliphatic rings. The van der Waals surface area contributed by atoms with E-state index >= 15 is 0 Å². The smallest absolute Gasteiger partial charge is 0.229 e. The van der Waals surface area contributed by atoms with Gasteiger partial charge >= 0.3 is 0 Å². The molecule has 0 saturated carbocycles. The maximum atomic E-state index is 11.6. The van der Waals surface area contributed by atoms with E-state index in [0.717, 1.165) is 0 Å². The van der Waals surface area contributed by atoms with E-state index in [-0.39, 0.29) is 59.3 Å². The third-order valence-electron chi connectivity index (χ3n) is 2.46. The van der Waals surface area contributed by atoms with Crippen LogP contribution in [0.15, 0.2) is 0 Å². The van der Waals surface area contributed by atoms with Crippen LogP contribution in [0.4, 0.5) is 11.9 Å². The van der Waals surface area contributed by atoms with Gasteiger partial charge < -0.3 is 4.74 Å². The molecule has 0 saturated heterocycles. The number of ether oxygens (including phenoxy) is 1. The molecule has 0 aliphatic carbocycles. The molecular formula is C10H14N8O3S2. The van der Waals surface area contributed by atoms with Crippen molar-refractivity contribution in [3.63, 3.8) is 0 Å². The number of hydrogen-bond donors (Lipinski definition) is 6.